The summed E-state index contributed by atoms with van der Waals surface area (Å²) in [6.07, 6.45) is 1.56. The Hall–Kier alpha value is -3.34. The lowest BCUT2D eigenvalue weighted by Crippen LogP contribution is -2.23. The highest BCUT2D eigenvalue weighted by atomic mass is 16.5. The number of hydrogen-bond donors (Lipinski definition) is 2. The van der Waals surface area contributed by atoms with E-state index in [4.69, 9.17) is 4.74 Å². The molecule has 2 N–H and O–H groups in total. The third-order valence-corrected chi connectivity index (χ3v) is 4.21. The minimum Gasteiger partial charge on any atom is -0.496 e. The van der Waals surface area contributed by atoms with Gasteiger partial charge in [0.25, 0.3) is 5.91 Å². The topological polar surface area (TPSA) is 71.2 Å². The average molecular weight is 348 g/mol. The summed E-state index contributed by atoms with van der Waals surface area (Å²) in [5, 5.41) is 2.83. The number of ketones is 1. The zero-order chi connectivity index (χ0) is 18.5. The second-order valence-corrected chi connectivity index (χ2v) is 5.94. The molecule has 1 amide bonds. The first-order chi connectivity index (χ1) is 12.6. The molecule has 0 aliphatic rings. The smallest absolute Gasteiger partial charge is 0.267 e. The molecule has 0 bridgehead atoms. The molecule has 0 radical (unpaired) electrons. The van der Waals surface area contributed by atoms with Gasteiger partial charge in [0.15, 0.2) is 5.78 Å². The number of nitrogens with one attached hydrogen (secondary N) is 2. The lowest BCUT2D eigenvalue weighted by atomic mass is 10.0. The molecule has 5 heteroatoms. The van der Waals surface area contributed by atoms with Crippen LogP contribution in [0.25, 0.3) is 0 Å². The Morgan fingerprint density at radius 2 is 1.81 bits per heavy atom. The molecule has 0 saturated heterocycles. The number of H-pyrrole nitrogens is 1. The minimum atomic E-state index is -0.278. The highest BCUT2D eigenvalue weighted by Crippen LogP contribution is 2.17. The van der Waals surface area contributed by atoms with E-state index in [0.717, 1.165) is 16.9 Å². The molecule has 2 aromatic carbocycles. The van der Waals surface area contributed by atoms with Crippen molar-refractivity contribution in [3.05, 3.63) is 88.7 Å². The molecule has 3 rings (SSSR count). The van der Waals surface area contributed by atoms with Crippen LogP contribution < -0.4 is 10.1 Å². The predicted octanol–water partition coefficient (Wildman–Crippen LogP) is 3.49. The van der Waals surface area contributed by atoms with Crippen molar-refractivity contribution in [3.8, 4) is 5.75 Å². The second kappa shape index (κ2) is 7.70. The molecule has 0 saturated carbocycles. The molecule has 1 aromatic heterocycles. The third kappa shape index (κ3) is 3.67. The minimum absolute atomic E-state index is 0.108. The number of rotatable bonds is 6. The van der Waals surface area contributed by atoms with Gasteiger partial charge in [-0.15, -0.1) is 0 Å². The van der Waals surface area contributed by atoms with E-state index >= 15 is 0 Å². The maximum absolute atomic E-state index is 12.6. The quantitative estimate of drug-likeness (QED) is 0.670. The molecule has 5 nitrogen and oxygen atoms in total. The fourth-order valence-electron chi connectivity index (χ4n) is 2.76. The molecule has 132 valence electrons. The molecule has 0 fully saturated rings. The first-order valence-corrected chi connectivity index (χ1v) is 8.29. The average Bonchev–Trinajstić information content (AvgIpc) is 3.16. The van der Waals surface area contributed by atoms with Gasteiger partial charge in [0.2, 0.25) is 0 Å². The van der Waals surface area contributed by atoms with E-state index in [-0.39, 0.29) is 11.7 Å². The van der Waals surface area contributed by atoms with Crippen molar-refractivity contribution in [2.24, 2.45) is 0 Å². The Balaban J connectivity index is 1.70. The van der Waals surface area contributed by atoms with Crippen LogP contribution in [-0.2, 0) is 6.54 Å². The van der Waals surface area contributed by atoms with Crippen LogP contribution in [0.3, 0.4) is 0 Å². The lowest BCUT2D eigenvalue weighted by molar-refractivity contribution is 0.0946. The molecule has 0 aliphatic heterocycles. The molecular weight excluding hydrogens is 328 g/mol. The Labute approximate surface area is 152 Å². The Morgan fingerprint density at radius 1 is 1.08 bits per heavy atom. The molecule has 0 spiro atoms. The molecule has 3 aromatic rings. The van der Waals surface area contributed by atoms with Gasteiger partial charge in [-0.05, 0) is 24.6 Å². The van der Waals surface area contributed by atoms with Crippen LogP contribution in [0.5, 0.6) is 5.75 Å². The summed E-state index contributed by atoms with van der Waals surface area (Å²) >= 11 is 0. The van der Waals surface area contributed by atoms with Crippen LogP contribution in [-0.4, -0.2) is 23.8 Å². The number of carbonyl (C=O) groups excluding carboxylic acids is 2. The Bertz CT molecular complexity index is 944. The van der Waals surface area contributed by atoms with E-state index in [1.54, 1.807) is 25.4 Å². The molecule has 0 aliphatic carbocycles. The Kier molecular flexibility index (Phi) is 5.17. The monoisotopic (exact) mass is 348 g/mol. The zero-order valence-corrected chi connectivity index (χ0v) is 14.7. The lowest BCUT2D eigenvalue weighted by Gasteiger charge is -2.08. The van der Waals surface area contributed by atoms with Gasteiger partial charge >= 0.3 is 0 Å². The summed E-state index contributed by atoms with van der Waals surface area (Å²) in [7, 11) is 1.59. The van der Waals surface area contributed by atoms with Crippen molar-refractivity contribution in [2.75, 3.05) is 7.11 Å². The summed E-state index contributed by atoms with van der Waals surface area (Å²) in [6.45, 7) is 2.23. The van der Waals surface area contributed by atoms with Gasteiger partial charge in [0, 0.05) is 29.4 Å². The van der Waals surface area contributed by atoms with Crippen LogP contribution in [0.2, 0.25) is 0 Å². The highest BCUT2D eigenvalue weighted by molar-refractivity contribution is 6.11. The standard InChI is InChI=1S/C21H20N2O3/c1-14-7-3-5-9-17(14)20(24)16-11-18(22-13-16)21(25)23-12-15-8-4-6-10-19(15)26-2/h3-11,13,22H,12H2,1-2H3,(H,23,25). The summed E-state index contributed by atoms with van der Waals surface area (Å²) in [6, 6.07) is 16.5. The number of para-hydroxylation sites is 1. The number of aromatic nitrogens is 1. The molecule has 0 unspecified atom stereocenters. The first kappa shape index (κ1) is 17.5. The maximum atomic E-state index is 12.6. The molecule has 26 heavy (non-hydrogen) atoms. The van der Waals surface area contributed by atoms with Crippen molar-refractivity contribution in [1.82, 2.24) is 10.3 Å². The third-order valence-electron chi connectivity index (χ3n) is 4.21. The van der Waals surface area contributed by atoms with E-state index in [0.29, 0.717) is 23.4 Å². The van der Waals surface area contributed by atoms with Gasteiger partial charge in [0.1, 0.15) is 11.4 Å². The van der Waals surface area contributed by atoms with E-state index in [1.165, 1.54) is 0 Å². The number of aryl methyl sites for hydroxylation is 1. The van der Waals surface area contributed by atoms with Crippen LogP contribution in [0.4, 0.5) is 0 Å². The van der Waals surface area contributed by atoms with Gasteiger partial charge < -0.3 is 15.0 Å². The number of ether oxygens (including phenoxy) is 1. The predicted molar refractivity (Wildman–Crippen MR) is 99.6 cm³/mol. The SMILES string of the molecule is COc1ccccc1CNC(=O)c1cc(C(=O)c2ccccc2C)c[nH]1. The molecule has 1 heterocycles. The summed E-state index contributed by atoms with van der Waals surface area (Å²) in [4.78, 5) is 27.8. The van der Waals surface area contributed by atoms with Crippen molar-refractivity contribution in [3.63, 3.8) is 0 Å². The fraction of sp³-hybridized carbons (Fsp3) is 0.143. The zero-order valence-electron chi connectivity index (χ0n) is 14.7. The Morgan fingerprint density at radius 3 is 2.58 bits per heavy atom. The van der Waals surface area contributed by atoms with Gasteiger partial charge in [-0.25, -0.2) is 0 Å². The van der Waals surface area contributed by atoms with Crippen molar-refractivity contribution in [2.45, 2.75) is 13.5 Å². The van der Waals surface area contributed by atoms with Crippen LogP contribution in [0.1, 0.15) is 37.5 Å². The van der Waals surface area contributed by atoms with Crippen LogP contribution in [0.15, 0.2) is 60.8 Å². The van der Waals surface area contributed by atoms with Crippen LogP contribution >= 0.6 is 0 Å². The highest BCUT2D eigenvalue weighted by Gasteiger charge is 2.16. The first-order valence-electron chi connectivity index (χ1n) is 8.29. The van der Waals surface area contributed by atoms with Crippen molar-refractivity contribution < 1.29 is 14.3 Å². The number of amides is 1. The van der Waals surface area contributed by atoms with Crippen molar-refractivity contribution in [1.29, 1.82) is 0 Å². The number of benzene rings is 2. The van der Waals surface area contributed by atoms with Gasteiger partial charge in [-0.1, -0.05) is 42.5 Å². The fourth-order valence-corrected chi connectivity index (χ4v) is 2.76. The number of hydrogen-bond acceptors (Lipinski definition) is 3. The number of carbonyl (C=O) groups is 2. The number of aromatic amines is 1. The van der Waals surface area contributed by atoms with E-state index in [2.05, 4.69) is 10.3 Å². The maximum Gasteiger partial charge on any atom is 0.267 e. The van der Waals surface area contributed by atoms with Gasteiger partial charge in [0.05, 0.1) is 7.11 Å². The second-order valence-electron chi connectivity index (χ2n) is 5.94. The number of methoxy groups -OCH3 is 1. The van der Waals surface area contributed by atoms with E-state index < -0.39 is 0 Å². The van der Waals surface area contributed by atoms with E-state index in [1.807, 2.05) is 49.4 Å². The van der Waals surface area contributed by atoms with Crippen molar-refractivity contribution >= 4 is 11.7 Å². The van der Waals surface area contributed by atoms with Crippen LogP contribution in [0, 0.1) is 6.92 Å². The van der Waals surface area contributed by atoms with Gasteiger partial charge in [-0.2, -0.15) is 0 Å². The summed E-state index contributed by atoms with van der Waals surface area (Å²) in [5.41, 5.74) is 3.22. The summed E-state index contributed by atoms with van der Waals surface area (Å²) in [5.74, 6) is 0.331. The summed E-state index contributed by atoms with van der Waals surface area (Å²) < 4.78 is 5.28. The largest absolute Gasteiger partial charge is 0.496 e. The molecule has 0 atom stereocenters. The molecular formula is C21H20N2O3. The normalized spacial score (nSPS) is 10.4. The van der Waals surface area contributed by atoms with Gasteiger partial charge in [-0.3, -0.25) is 9.59 Å². The van der Waals surface area contributed by atoms with E-state index in [9.17, 15) is 9.59 Å².